The van der Waals surface area contributed by atoms with Crippen LogP contribution in [0, 0.1) is 13.8 Å². The Morgan fingerprint density at radius 2 is 2.00 bits per heavy atom. The van der Waals surface area contributed by atoms with Crippen LogP contribution in [0.5, 0.6) is 5.88 Å². The predicted molar refractivity (Wildman–Crippen MR) is 68.2 cm³/mol. The van der Waals surface area contributed by atoms with Gasteiger partial charge in [-0.05, 0) is 25.5 Å². The van der Waals surface area contributed by atoms with E-state index < -0.39 is 11.8 Å². The Morgan fingerprint density at radius 1 is 1.32 bits per heavy atom. The normalized spacial score (nSPS) is 11.3. The first kappa shape index (κ1) is 12.7. The molecule has 0 atom stereocenters. The zero-order valence-corrected chi connectivity index (χ0v) is 10.4. The van der Waals surface area contributed by atoms with Gasteiger partial charge in [-0.25, -0.2) is 0 Å². The van der Waals surface area contributed by atoms with Crippen molar-refractivity contribution in [1.29, 1.82) is 0 Å². The third kappa shape index (κ3) is 2.30. The van der Waals surface area contributed by atoms with Crippen LogP contribution in [0.25, 0.3) is 10.9 Å². The summed E-state index contributed by atoms with van der Waals surface area (Å²) in [6.07, 6.45) is 0. The van der Waals surface area contributed by atoms with E-state index in [1.54, 1.807) is 6.07 Å². The van der Waals surface area contributed by atoms with Crippen LogP contribution in [-0.2, 0) is 9.59 Å². The number of azo groups is 1. The average molecular weight is 260 g/mol. The molecule has 1 aromatic heterocycles. The second-order valence-electron chi connectivity index (χ2n) is 4.20. The molecule has 0 saturated heterocycles. The highest BCUT2D eigenvalue weighted by atomic mass is 16.3. The molecule has 1 heterocycles. The van der Waals surface area contributed by atoms with Gasteiger partial charge < -0.3 is 15.8 Å². The number of hydrogen-bond donors (Lipinski definition) is 3. The van der Waals surface area contributed by atoms with Gasteiger partial charge in [-0.1, -0.05) is 11.6 Å². The van der Waals surface area contributed by atoms with E-state index in [1.165, 1.54) is 0 Å². The van der Waals surface area contributed by atoms with Crippen molar-refractivity contribution in [2.45, 2.75) is 13.8 Å². The number of H-pyrrole nitrogens is 1. The summed E-state index contributed by atoms with van der Waals surface area (Å²) in [4.78, 5) is 24.3. The van der Waals surface area contributed by atoms with E-state index in [-0.39, 0.29) is 11.6 Å². The molecule has 4 N–H and O–H groups in total. The fourth-order valence-electron chi connectivity index (χ4n) is 1.87. The van der Waals surface area contributed by atoms with Crippen LogP contribution >= 0.6 is 0 Å². The van der Waals surface area contributed by atoms with Crippen LogP contribution in [0.3, 0.4) is 0 Å². The van der Waals surface area contributed by atoms with E-state index in [0.717, 1.165) is 11.1 Å². The number of aromatic nitrogens is 1. The number of aromatic amines is 1. The minimum atomic E-state index is -1.20. The molecule has 2 amide bonds. The van der Waals surface area contributed by atoms with Crippen molar-refractivity contribution in [3.8, 4) is 5.88 Å². The molecule has 0 bridgehead atoms. The van der Waals surface area contributed by atoms with Gasteiger partial charge in [-0.15, -0.1) is 10.2 Å². The highest BCUT2D eigenvalue weighted by Gasteiger charge is 2.14. The summed E-state index contributed by atoms with van der Waals surface area (Å²) in [5, 5.41) is 17.1. The van der Waals surface area contributed by atoms with Crippen LogP contribution in [0.15, 0.2) is 22.4 Å². The fraction of sp³-hybridized carbons (Fsp3) is 0.167. The van der Waals surface area contributed by atoms with Crippen LogP contribution < -0.4 is 5.73 Å². The van der Waals surface area contributed by atoms with Crippen LogP contribution in [0.1, 0.15) is 11.1 Å². The first-order valence-corrected chi connectivity index (χ1v) is 5.47. The zero-order valence-electron chi connectivity index (χ0n) is 10.4. The van der Waals surface area contributed by atoms with Gasteiger partial charge in [-0.3, -0.25) is 9.59 Å². The maximum absolute atomic E-state index is 11.0. The lowest BCUT2D eigenvalue weighted by atomic mass is 10.1. The first-order valence-electron chi connectivity index (χ1n) is 5.47. The number of rotatable bonds is 1. The number of nitrogens with one attached hydrogen (secondary N) is 1. The Kier molecular flexibility index (Phi) is 3.04. The smallest absolute Gasteiger partial charge is 0.353 e. The maximum Gasteiger partial charge on any atom is 0.353 e. The molecule has 0 aliphatic rings. The Morgan fingerprint density at radius 3 is 2.63 bits per heavy atom. The molecule has 7 nitrogen and oxygen atoms in total. The quantitative estimate of drug-likeness (QED) is 0.533. The van der Waals surface area contributed by atoms with E-state index in [2.05, 4.69) is 15.2 Å². The van der Waals surface area contributed by atoms with Crippen molar-refractivity contribution < 1.29 is 14.7 Å². The van der Waals surface area contributed by atoms with E-state index in [4.69, 9.17) is 5.73 Å². The molecular weight excluding hydrogens is 248 g/mol. The summed E-state index contributed by atoms with van der Waals surface area (Å²) in [7, 11) is 0. The van der Waals surface area contributed by atoms with Crippen molar-refractivity contribution in [1.82, 2.24) is 4.98 Å². The molecule has 19 heavy (non-hydrogen) atoms. The van der Waals surface area contributed by atoms with E-state index in [9.17, 15) is 14.7 Å². The summed E-state index contributed by atoms with van der Waals surface area (Å²) in [5.41, 5.74) is 7.47. The average Bonchev–Trinajstić information content (AvgIpc) is 2.63. The van der Waals surface area contributed by atoms with E-state index in [1.807, 2.05) is 19.9 Å². The molecule has 1 aromatic carbocycles. The van der Waals surface area contributed by atoms with Gasteiger partial charge in [-0.2, -0.15) is 0 Å². The van der Waals surface area contributed by atoms with E-state index in [0.29, 0.717) is 10.9 Å². The number of nitrogens with two attached hydrogens (primary N) is 1. The number of carbonyl (C=O) groups is 2. The monoisotopic (exact) mass is 260 g/mol. The topological polar surface area (TPSA) is 121 Å². The summed E-state index contributed by atoms with van der Waals surface area (Å²) < 4.78 is 0. The fourth-order valence-corrected chi connectivity index (χ4v) is 1.87. The number of nitrogens with zero attached hydrogens (tertiary/aromatic N) is 2. The minimum Gasteiger partial charge on any atom is -0.493 e. The van der Waals surface area contributed by atoms with Crippen molar-refractivity contribution in [2.24, 2.45) is 16.0 Å². The van der Waals surface area contributed by atoms with Crippen molar-refractivity contribution in [2.75, 3.05) is 0 Å². The van der Waals surface area contributed by atoms with Gasteiger partial charge >= 0.3 is 11.8 Å². The van der Waals surface area contributed by atoms with Crippen LogP contribution in [0.4, 0.5) is 5.69 Å². The molecule has 0 spiro atoms. The molecule has 7 heteroatoms. The van der Waals surface area contributed by atoms with Crippen LogP contribution in [-0.4, -0.2) is 21.9 Å². The highest BCUT2D eigenvalue weighted by Crippen LogP contribution is 2.37. The third-order valence-corrected chi connectivity index (χ3v) is 2.65. The summed E-state index contributed by atoms with van der Waals surface area (Å²) in [5.74, 6) is -2.58. The largest absolute Gasteiger partial charge is 0.493 e. The maximum atomic E-state index is 11.0. The number of amides is 2. The van der Waals surface area contributed by atoms with Gasteiger partial charge in [0, 0.05) is 5.39 Å². The Labute approximate surface area is 108 Å². The number of aromatic hydroxyl groups is 1. The second kappa shape index (κ2) is 4.52. The third-order valence-electron chi connectivity index (χ3n) is 2.65. The van der Waals surface area contributed by atoms with Gasteiger partial charge in [0.05, 0.1) is 5.52 Å². The molecule has 0 radical (unpaired) electrons. The summed E-state index contributed by atoms with van der Waals surface area (Å²) in [6.45, 7) is 3.77. The van der Waals surface area contributed by atoms with Crippen molar-refractivity contribution >= 4 is 28.4 Å². The first-order chi connectivity index (χ1) is 8.90. The number of fused-ring (bicyclic) bond motifs is 1. The molecule has 0 unspecified atom stereocenters. The molecule has 0 aliphatic heterocycles. The number of benzene rings is 1. The Bertz CT molecular complexity index is 715. The molecule has 0 saturated carbocycles. The molecular formula is C12H12N4O3. The number of aryl methyl sites for hydroxylation is 2. The predicted octanol–water partition coefficient (Wildman–Crippen LogP) is 1.59. The number of hydrogen-bond acceptors (Lipinski definition) is 4. The molecule has 2 rings (SSSR count). The molecule has 0 aliphatic carbocycles. The lowest BCUT2D eigenvalue weighted by molar-refractivity contribution is -0.135. The lowest BCUT2D eigenvalue weighted by Gasteiger charge is -1.98. The molecule has 2 aromatic rings. The van der Waals surface area contributed by atoms with Crippen molar-refractivity contribution in [3.05, 3.63) is 23.3 Å². The number of primary amides is 1. The minimum absolute atomic E-state index is 0.108. The van der Waals surface area contributed by atoms with E-state index >= 15 is 0 Å². The Balaban J connectivity index is 2.58. The molecule has 0 fully saturated rings. The summed E-state index contributed by atoms with van der Waals surface area (Å²) >= 11 is 0. The Hall–Kier alpha value is -2.70. The van der Waals surface area contributed by atoms with Crippen LogP contribution in [0.2, 0.25) is 0 Å². The van der Waals surface area contributed by atoms with Gasteiger partial charge in [0.15, 0.2) is 5.69 Å². The second-order valence-corrected chi connectivity index (χ2v) is 4.20. The van der Waals surface area contributed by atoms with Gasteiger partial charge in [0.25, 0.3) is 0 Å². The SMILES string of the molecule is Cc1cc(C)c2[nH]c(O)c(N=NC(=O)C(N)=O)c2c1. The van der Waals surface area contributed by atoms with Crippen molar-refractivity contribution in [3.63, 3.8) is 0 Å². The lowest BCUT2D eigenvalue weighted by Crippen LogP contribution is -2.20. The standard InChI is InChI=1S/C12H12N4O3/c1-5-3-6(2)8-7(4-5)9(11(18)14-8)15-16-12(19)10(13)17/h3-4,14,18H,1-2H3,(H2,13,17). The van der Waals surface area contributed by atoms with Gasteiger partial charge in [0.1, 0.15) is 0 Å². The molecule has 98 valence electrons. The highest BCUT2D eigenvalue weighted by molar-refractivity contribution is 6.34. The number of carbonyl (C=O) groups excluding carboxylic acids is 2. The summed E-state index contributed by atoms with van der Waals surface area (Å²) in [6, 6.07) is 3.73. The van der Waals surface area contributed by atoms with Gasteiger partial charge in [0.2, 0.25) is 5.88 Å². The zero-order chi connectivity index (χ0) is 14.2.